The van der Waals surface area contributed by atoms with E-state index >= 15 is 0 Å². The van der Waals surface area contributed by atoms with Crippen LogP contribution in [-0.4, -0.2) is 17.0 Å². The summed E-state index contributed by atoms with van der Waals surface area (Å²) in [5.41, 5.74) is 1.10. The van der Waals surface area contributed by atoms with Crippen LogP contribution < -0.4 is 5.32 Å². The average molecular weight is 121 g/mol. The minimum absolute atomic E-state index is 0.315. The van der Waals surface area contributed by atoms with Gasteiger partial charge in [-0.25, -0.2) is 9.97 Å². The first-order valence-corrected chi connectivity index (χ1v) is 2.92. The Hall–Kier alpha value is -0.960. The van der Waals surface area contributed by atoms with Crippen LogP contribution in [0.15, 0.2) is 12.3 Å². The van der Waals surface area contributed by atoms with Gasteiger partial charge in [0.1, 0.15) is 6.04 Å². The Bertz CT molecular complexity index is 207. The monoisotopic (exact) mass is 121 g/mol. The summed E-state index contributed by atoms with van der Waals surface area (Å²) in [6.07, 6.45) is 1.78. The van der Waals surface area contributed by atoms with Crippen molar-refractivity contribution < 1.29 is 0 Å². The molecule has 3 heteroatoms. The topological polar surface area (TPSA) is 37.8 Å². The Morgan fingerprint density at radius 2 is 2.56 bits per heavy atom. The Morgan fingerprint density at radius 1 is 1.67 bits per heavy atom. The molecule has 0 aliphatic carbocycles. The molecule has 0 saturated carbocycles. The summed E-state index contributed by atoms with van der Waals surface area (Å²) in [5, 5.41) is 3.09. The van der Waals surface area contributed by atoms with Crippen LogP contribution in [0.4, 0.5) is 0 Å². The molecule has 1 aromatic heterocycles. The van der Waals surface area contributed by atoms with Crippen molar-refractivity contribution in [3.05, 3.63) is 23.8 Å². The maximum Gasteiger partial charge on any atom is 0.151 e. The molecular formula is C6H7N3. The molecule has 1 unspecified atom stereocenters. The van der Waals surface area contributed by atoms with Crippen LogP contribution in [0.5, 0.6) is 0 Å². The summed E-state index contributed by atoms with van der Waals surface area (Å²) in [6, 6.07) is 2.24. The number of fused-ring (bicyclic) bond motifs is 2. The zero-order valence-electron chi connectivity index (χ0n) is 5.13. The first-order chi connectivity index (χ1) is 4.42. The molecule has 46 valence electrons. The minimum Gasteiger partial charge on any atom is -0.305 e. The van der Waals surface area contributed by atoms with Gasteiger partial charge in [-0.05, 0) is 13.1 Å². The molecule has 2 aliphatic rings. The fourth-order valence-electron chi connectivity index (χ4n) is 1.03. The first-order valence-electron chi connectivity index (χ1n) is 2.92. The maximum atomic E-state index is 4.10. The van der Waals surface area contributed by atoms with Gasteiger partial charge in [0.2, 0.25) is 0 Å². The van der Waals surface area contributed by atoms with E-state index in [4.69, 9.17) is 0 Å². The SMILES string of the molecule is CNC1c2ccnc1n2. The number of nitrogens with zero attached hydrogens (tertiary/aromatic N) is 2. The summed E-state index contributed by atoms with van der Waals surface area (Å²) in [5.74, 6) is 0.912. The van der Waals surface area contributed by atoms with Crippen molar-refractivity contribution >= 4 is 0 Å². The van der Waals surface area contributed by atoms with Crippen molar-refractivity contribution in [2.75, 3.05) is 7.05 Å². The molecule has 9 heavy (non-hydrogen) atoms. The summed E-state index contributed by atoms with van der Waals surface area (Å²) >= 11 is 0. The van der Waals surface area contributed by atoms with Crippen LogP contribution >= 0.6 is 0 Å². The lowest BCUT2D eigenvalue weighted by Crippen LogP contribution is -2.29. The highest BCUT2D eigenvalue weighted by Gasteiger charge is 2.24. The van der Waals surface area contributed by atoms with E-state index in [0.29, 0.717) is 6.04 Å². The van der Waals surface area contributed by atoms with Crippen LogP contribution in [0.3, 0.4) is 0 Å². The van der Waals surface area contributed by atoms with E-state index in [1.165, 1.54) is 0 Å². The Kier molecular flexibility index (Phi) is 0.818. The number of aromatic nitrogens is 2. The third-order valence-electron chi connectivity index (χ3n) is 1.54. The zero-order chi connectivity index (χ0) is 6.27. The van der Waals surface area contributed by atoms with Crippen LogP contribution in [0.25, 0.3) is 0 Å². The van der Waals surface area contributed by atoms with Crippen LogP contribution in [-0.2, 0) is 0 Å². The van der Waals surface area contributed by atoms with Gasteiger partial charge in [-0.1, -0.05) is 0 Å². The largest absolute Gasteiger partial charge is 0.305 e. The molecule has 0 amide bonds. The van der Waals surface area contributed by atoms with E-state index in [1.54, 1.807) is 6.20 Å². The van der Waals surface area contributed by atoms with Gasteiger partial charge in [-0.15, -0.1) is 0 Å². The molecule has 1 N–H and O–H groups in total. The Morgan fingerprint density at radius 3 is 2.89 bits per heavy atom. The second kappa shape index (κ2) is 1.51. The smallest absolute Gasteiger partial charge is 0.151 e. The third kappa shape index (κ3) is 0.493. The first kappa shape index (κ1) is 4.88. The number of hydrogen-bond donors (Lipinski definition) is 1. The molecule has 1 aromatic rings. The van der Waals surface area contributed by atoms with Crippen molar-refractivity contribution in [2.24, 2.45) is 0 Å². The van der Waals surface area contributed by atoms with Gasteiger partial charge >= 0.3 is 0 Å². The summed E-state index contributed by atoms with van der Waals surface area (Å²) in [6.45, 7) is 0. The highest BCUT2D eigenvalue weighted by Crippen LogP contribution is 2.23. The summed E-state index contributed by atoms with van der Waals surface area (Å²) in [4.78, 5) is 8.13. The van der Waals surface area contributed by atoms with Crippen molar-refractivity contribution in [3.63, 3.8) is 0 Å². The normalized spacial score (nSPS) is 21.2. The van der Waals surface area contributed by atoms with Crippen LogP contribution in [0.2, 0.25) is 0 Å². The molecule has 1 atom stereocenters. The van der Waals surface area contributed by atoms with E-state index in [0.717, 1.165) is 11.5 Å². The molecule has 3 heterocycles. The van der Waals surface area contributed by atoms with Crippen LogP contribution in [0, 0.1) is 0 Å². The van der Waals surface area contributed by atoms with Gasteiger partial charge in [0.15, 0.2) is 5.82 Å². The molecular weight excluding hydrogens is 114 g/mol. The Balaban J connectivity index is 2.41. The summed E-state index contributed by atoms with van der Waals surface area (Å²) in [7, 11) is 1.91. The van der Waals surface area contributed by atoms with Gasteiger partial charge < -0.3 is 5.32 Å². The number of nitrogens with one attached hydrogen (secondary N) is 1. The van der Waals surface area contributed by atoms with E-state index in [2.05, 4.69) is 15.3 Å². The second-order valence-corrected chi connectivity index (χ2v) is 2.06. The van der Waals surface area contributed by atoms with Gasteiger partial charge in [-0.2, -0.15) is 0 Å². The lowest BCUT2D eigenvalue weighted by atomic mass is 10.1. The van der Waals surface area contributed by atoms with Gasteiger partial charge in [0.05, 0.1) is 5.69 Å². The lowest BCUT2D eigenvalue weighted by Gasteiger charge is -2.22. The van der Waals surface area contributed by atoms with E-state index < -0.39 is 0 Å². The van der Waals surface area contributed by atoms with Gasteiger partial charge in [0.25, 0.3) is 0 Å². The summed E-state index contributed by atoms with van der Waals surface area (Å²) < 4.78 is 0. The molecule has 0 aromatic carbocycles. The quantitative estimate of drug-likeness (QED) is 0.572. The maximum absolute atomic E-state index is 4.10. The third-order valence-corrected chi connectivity index (χ3v) is 1.54. The number of rotatable bonds is 1. The fraction of sp³-hybridized carbons (Fsp3) is 0.333. The van der Waals surface area contributed by atoms with Crippen molar-refractivity contribution in [1.29, 1.82) is 0 Å². The van der Waals surface area contributed by atoms with Crippen molar-refractivity contribution in [2.45, 2.75) is 6.04 Å². The molecule has 0 spiro atoms. The molecule has 2 aliphatic heterocycles. The van der Waals surface area contributed by atoms with Gasteiger partial charge in [0, 0.05) is 6.20 Å². The molecule has 2 bridgehead atoms. The highest BCUT2D eigenvalue weighted by atomic mass is 15.1. The molecule has 0 saturated heterocycles. The molecule has 0 fully saturated rings. The van der Waals surface area contributed by atoms with Crippen molar-refractivity contribution in [3.8, 4) is 0 Å². The van der Waals surface area contributed by atoms with E-state index in [1.807, 2.05) is 13.1 Å². The van der Waals surface area contributed by atoms with Crippen molar-refractivity contribution in [1.82, 2.24) is 15.3 Å². The second-order valence-electron chi connectivity index (χ2n) is 2.06. The Labute approximate surface area is 53.1 Å². The van der Waals surface area contributed by atoms with E-state index in [-0.39, 0.29) is 0 Å². The fourth-order valence-corrected chi connectivity index (χ4v) is 1.03. The molecule has 3 nitrogen and oxygen atoms in total. The zero-order valence-corrected chi connectivity index (χ0v) is 5.13. The van der Waals surface area contributed by atoms with E-state index in [9.17, 15) is 0 Å². The average Bonchev–Trinajstić information content (AvgIpc) is 1.90. The minimum atomic E-state index is 0.315. The van der Waals surface area contributed by atoms with Gasteiger partial charge in [-0.3, -0.25) is 0 Å². The molecule has 3 rings (SSSR count). The predicted molar refractivity (Wildman–Crippen MR) is 32.9 cm³/mol. The highest BCUT2D eigenvalue weighted by molar-refractivity contribution is 5.24. The van der Waals surface area contributed by atoms with Crippen LogP contribution in [0.1, 0.15) is 17.6 Å². The molecule has 0 radical (unpaired) electrons. The predicted octanol–water partition coefficient (Wildman–Crippen LogP) is 0.0988. The number of hydrogen-bond acceptors (Lipinski definition) is 3. The lowest BCUT2D eigenvalue weighted by molar-refractivity contribution is 0.558. The standard InChI is InChI=1S/C6H7N3/c1-7-5-4-2-3-8-6(5)9-4/h2-3,5,7H,1H3.